The molecule has 1 rings (SSSR count). The number of amides is 1. The Morgan fingerprint density at radius 1 is 1.00 bits per heavy atom. The number of carbonyl (C=O) groups is 1. The Balaban J connectivity index is 0.00000484. The number of carbonyl (C=O) groups excluding carboxylic acids is 1. The molecule has 6 heteroatoms. The smallest absolute Gasteiger partial charge is 0.225 e. The van der Waals surface area contributed by atoms with E-state index in [0.29, 0.717) is 11.9 Å². The topological polar surface area (TPSA) is 38.8 Å². The maximum atomic E-state index is 12.9. The van der Waals surface area contributed by atoms with Gasteiger partial charge in [0.05, 0.1) is 0 Å². The molecule has 1 N–H and O–H groups in total. The van der Waals surface area contributed by atoms with Crippen molar-refractivity contribution in [1.82, 2.24) is 20.0 Å². The summed E-state index contributed by atoms with van der Waals surface area (Å²) in [6, 6.07) is 0.466. The summed E-state index contributed by atoms with van der Waals surface area (Å²) in [5.74, 6) is 0.598. The van der Waals surface area contributed by atoms with Crippen LogP contribution in [0.4, 0.5) is 0 Å². The highest BCUT2D eigenvalue weighted by Gasteiger charge is 2.28. The summed E-state index contributed by atoms with van der Waals surface area (Å²) in [5, 5.41) is 3.44. The SMILES string of the molecule is C[C@H]1C[C@@H](C(=O)N(CCCN(C)C)CCCN(C)C)CCN1.Cl. The molecule has 1 fully saturated rings. The van der Waals surface area contributed by atoms with Crippen LogP contribution in [0, 0.1) is 5.92 Å². The van der Waals surface area contributed by atoms with Crippen LogP contribution in [0.3, 0.4) is 0 Å². The number of rotatable bonds is 9. The van der Waals surface area contributed by atoms with Crippen LogP contribution in [0.25, 0.3) is 0 Å². The summed E-state index contributed by atoms with van der Waals surface area (Å²) in [5.41, 5.74) is 0. The van der Waals surface area contributed by atoms with Crippen LogP contribution >= 0.6 is 12.4 Å². The summed E-state index contributed by atoms with van der Waals surface area (Å²) in [6.07, 6.45) is 4.08. The minimum Gasteiger partial charge on any atom is -0.342 e. The number of hydrogen-bond acceptors (Lipinski definition) is 4. The van der Waals surface area contributed by atoms with Crippen molar-refractivity contribution in [1.29, 1.82) is 0 Å². The van der Waals surface area contributed by atoms with E-state index in [0.717, 1.165) is 58.4 Å². The lowest BCUT2D eigenvalue weighted by Gasteiger charge is -2.32. The Labute approximate surface area is 149 Å². The fourth-order valence-electron chi connectivity index (χ4n) is 3.10. The van der Waals surface area contributed by atoms with E-state index in [2.05, 4.69) is 55.1 Å². The third kappa shape index (κ3) is 9.50. The van der Waals surface area contributed by atoms with E-state index in [1.807, 2.05) is 0 Å². The maximum absolute atomic E-state index is 12.9. The molecule has 0 spiro atoms. The Kier molecular flexibility index (Phi) is 11.9. The Morgan fingerprint density at radius 2 is 1.52 bits per heavy atom. The van der Waals surface area contributed by atoms with Crippen LogP contribution < -0.4 is 5.32 Å². The Hall–Kier alpha value is -0.360. The van der Waals surface area contributed by atoms with Crippen LogP contribution in [-0.4, -0.2) is 87.6 Å². The van der Waals surface area contributed by atoms with Gasteiger partial charge < -0.3 is 20.0 Å². The first-order valence-electron chi connectivity index (χ1n) is 8.71. The van der Waals surface area contributed by atoms with Crippen LogP contribution in [0.5, 0.6) is 0 Å². The average molecular weight is 349 g/mol. The maximum Gasteiger partial charge on any atom is 0.225 e. The van der Waals surface area contributed by atoms with E-state index in [9.17, 15) is 4.79 Å². The van der Waals surface area contributed by atoms with E-state index in [1.54, 1.807) is 0 Å². The van der Waals surface area contributed by atoms with E-state index in [-0.39, 0.29) is 18.3 Å². The van der Waals surface area contributed by atoms with Crippen molar-refractivity contribution in [3.63, 3.8) is 0 Å². The fraction of sp³-hybridized carbons (Fsp3) is 0.941. The summed E-state index contributed by atoms with van der Waals surface area (Å²) in [7, 11) is 8.36. The van der Waals surface area contributed by atoms with E-state index >= 15 is 0 Å². The van der Waals surface area contributed by atoms with Crippen LogP contribution in [0.1, 0.15) is 32.6 Å². The largest absolute Gasteiger partial charge is 0.342 e. The molecule has 0 unspecified atom stereocenters. The predicted octanol–water partition coefficient (Wildman–Crippen LogP) is 1.53. The minimum absolute atomic E-state index is 0. The van der Waals surface area contributed by atoms with Gasteiger partial charge in [-0.15, -0.1) is 12.4 Å². The fourth-order valence-corrected chi connectivity index (χ4v) is 3.10. The predicted molar refractivity (Wildman–Crippen MR) is 100 cm³/mol. The molecule has 2 atom stereocenters. The van der Waals surface area contributed by atoms with Gasteiger partial charge in [0.15, 0.2) is 0 Å². The number of nitrogens with zero attached hydrogens (tertiary/aromatic N) is 3. The third-order valence-corrected chi connectivity index (χ3v) is 4.35. The number of piperidine rings is 1. The van der Waals surface area contributed by atoms with E-state index in [4.69, 9.17) is 0 Å². The molecule has 5 nitrogen and oxygen atoms in total. The van der Waals surface area contributed by atoms with Gasteiger partial charge in [0.1, 0.15) is 0 Å². The van der Waals surface area contributed by atoms with Crippen LogP contribution in [0.15, 0.2) is 0 Å². The Bertz CT molecular complexity index is 312. The van der Waals surface area contributed by atoms with Gasteiger partial charge in [-0.25, -0.2) is 0 Å². The summed E-state index contributed by atoms with van der Waals surface area (Å²) < 4.78 is 0. The molecule has 1 aliphatic rings. The molecule has 0 radical (unpaired) electrons. The second-order valence-corrected chi connectivity index (χ2v) is 7.22. The second kappa shape index (κ2) is 12.1. The third-order valence-electron chi connectivity index (χ3n) is 4.35. The lowest BCUT2D eigenvalue weighted by atomic mass is 9.92. The van der Waals surface area contributed by atoms with Gasteiger partial charge in [0.25, 0.3) is 0 Å². The average Bonchev–Trinajstić information content (AvgIpc) is 2.44. The van der Waals surface area contributed by atoms with Gasteiger partial charge in [-0.1, -0.05) is 0 Å². The van der Waals surface area contributed by atoms with Gasteiger partial charge in [0, 0.05) is 25.0 Å². The monoisotopic (exact) mass is 348 g/mol. The molecule has 138 valence electrons. The normalized spacial score (nSPS) is 21.3. The number of hydrogen-bond donors (Lipinski definition) is 1. The minimum atomic E-state index is 0. The summed E-state index contributed by atoms with van der Waals surface area (Å²) in [4.78, 5) is 19.4. The molecule has 0 aliphatic carbocycles. The van der Waals surface area contributed by atoms with Gasteiger partial charge in [-0.3, -0.25) is 4.79 Å². The Morgan fingerprint density at radius 3 is 1.96 bits per heavy atom. The van der Waals surface area contributed by atoms with Gasteiger partial charge in [0.2, 0.25) is 5.91 Å². The van der Waals surface area contributed by atoms with Crippen molar-refractivity contribution in [2.24, 2.45) is 5.92 Å². The zero-order valence-electron chi connectivity index (χ0n) is 15.7. The first kappa shape index (κ1) is 22.6. The van der Waals surface area contributed by atoms with Gasteiger partial charge in [-0.05, 0) is 80.4 Å². The molecule has 0 bridgehead atoms. The number of nitrogens with one attached hydrogen (secondary N) is 1. The molecule has 1 saturated heterocycles. The van der Waals surface area contributed by atoms with Crippen LogP contribution in [0.2, 0.25) is 0 Å². The lowest BCUT2D eigenvalue weighted by Crippen LogP contribution is -2.45. The van der Waals surface area contributed by atoms with Gasteiger partial charge >= 0.3 is 0 Å². The second-order valence-electron chi connectivity index (χ2n) is 7.22. The standard InChI is InChI=1S/C17H36N4O.ClH/c1-15-14-16(8-9-18-15)17(22)21(12-6-10-19(2)3)13-7-11-20(4)5;/h15-16,18H,6-14H2,1-5H3;1H/t15-,16-;/m0./s1. The first-order chi connectivity index (χ1) is 10.4. The van der Waals surface area contributed by atoms with Crippen molar-refractivity contribution in [3.8, 4) is 0 Å². The first-order valence-corrected chi connectivity index (χ1v) is 8.71. The van der Waals surface area contributed by atoms with Crippen LogP contribution in [-0.2, 0) is 4.79 Å². The van der Waals surface area contributed by atoms with Crippen molar-refractivity contribution in [2.75, 3.05) is 60.9 Å². The highest BCUT2D eigenvalue weighted by Crippen LogP contribution is 2.19. The molecule has 1 amide bonds. The molecule has 0 aromatic rings. The quantitative estimate of drug-likeness (QED) is 0.686. The van der Waals surface area contributed by atoms with Crippen molar-refractivity contribution in [2.45, 2.75) is 38.6 Å². The van der Waals surface area contributed by atoms with E-state index in [1.165, 1.54) is 0 Å². The summed E-state index contributed by atoms with van der Waals surface area (Å²) in [6.45, 7) is 7.02. The van der Waals surface area contributed by atoms with Gasteiger partial charge in [-0.2, -0.15) is 0 Å². The van der Waals surface area contributed by atoms with E-state index < -0.39 is 0 Å². The summed E-state index contributed by atoms with van der Waals surface area (Å²) >= 11 is 0. The molecule has 1 heterocycles. The molecular weight excluding hydrogens is 312 g/mol. The highest BCUT2D eigenvalue weighted by molar-refractivity contribution is 5.85. The molecule has 23 heavy (non-hydrogen) atoms. The molecule has 0 aromatic heterocycles. The zero-order valence-corrected chi connectivity index (χ0v) is 16.5. The van der Waals surface area contributed by atoms with Crippen molar-refractivity contribution in [3.05, 3.63) is 0 Å². The molecular formula is C17H37ClN4O. The molecule has 0 saturated carbocycles. The molecule has 0 aromatic carbocycles. The number of halogens is 1. The lowest BCUT2D eigenvalue weighted by molar-refractivity contribution is -0.137. The van der Waals surface area contributed by atoms with Crippen molar-refractivity contribution < 1.29 is 4.79 Å². The zero-order chi connectivity index (χ0) is 16.5. The highest BCUT2D eigenvalue weighted by atomic mass is 35.5. The molecule has 1 aliphatic heterocycles. The van der Waals surface area contributed by atoms with Crippen molar-refractivity contribution >= 4 is 18.3 Å².